The van der Waals surface area contributed by atoms with E-state index >= 15 is 0 Å². The number of nitrogens with one attached hydrogen (secondary N) is 1. The first-order valence-corrected chi connectivity index (χ1v) is 10.4. The highest BCUT2D eigenvalue weighted by molar-refractivity contribution is 7.18. The first-order valence-electron chi connectivity index (χ1n) is 9.59. The van der Waals surface area contributed by atoms with E-state index in [0.29, 0.717) is 0 Å². The fourth-order valence-corrected chi connectivity index (χ4v) is 5.41. The minimum Gasteiger partial charge on any atom is -0.480 e. The van der Waals surface area contributed by atoms with Gasteiger partial charge in [-0.05, 0) is 37.6 Å². The average Bonchev–Trinajstić information content (AvgIpc) is 3.33. The Bertz CT molecular complexity index is 1120. The number of benzene rings is 2. The van der Waals surface area contributed by atoms with E-state index in [1.807, 2.05) is 48.7 Å². The Balaban J connectivity index is 1.47. The fraction of sp³-hybridized carbons (Fsp3) is 0.273. The molecule has 0 aliphatic carbocycles. The molecule has 4 aromatic rings. The smallest absolute Gasteiger partial charge is 0.325 e. The van der Waals surface area contributed by atoms with Gasteiger partial charge in [-0.3, -0.25) is 9.69 Å². The summed E-state index contributed by atoms with van der Waals surface area (Å²) in [5, 5.41) is 12.2. The Morgan fingerprint density at radius 1 is 1.21 bits per heavy atom. The number of H-pyrrole nitrogens is 1. The second-order valence-corrected chi connectivity index (χ2v) is 8.45. The SMILES string of the molecule is O=C(O)C(c1c[nH]c2ccccc12)N1CCCC(c2nc3ccccc3s2)C1. The first kappa shape index (κ1) is 17.4. The molecule has 2 aromatic carbocycles. The quantitative estimate of drug-likeness (QED) is 0.525. The summed E-state index contributed by atoms with van der Waals surface area (Å²) < 4.78 is 1.20. The molecule has 0 amide bonds. The average molecular weight is 391 g/mol. The molecule has 28 heavy (non-hydrogen) atoms. The maximum absolute atomic E-state index is 12.3. The van der Waals surface area contributed by atoms with Crippen LogP contribution >= 0.6 is 11.3 Å². The van der Waals surface area contributed by atoms with Gasteiger partial charge in [0.1, 0.15) is 6.04 Å². The van der Waals surface area contributed by atoms with Gasteiger partial charge in [0.25, 0.3) is 0 Å². The highest BCUT2D eigenvalue weighted by Gasteiger charge is 2.34. The number of nitrogens with zero attached hydrogens (tertiary/aromatic N) is 2. The lowest BCUT2D eigenvalue weighted by molar-refractivity contribution is -0.144. The van der Waals surface area contributed by atoms with E-state index in [1.165, 1.54) is 4.70 Å². The number of fused-ring (bicyclic) bond motifs is 2. The van der Waals surface area contributed by atoms with Gasteiger partial charge in [0.05, 0.1) is 15.2 Å². The van der Waals surface area contributed by atoms with Crippen molar-refractivity contribution in [1.82, 2.24) is 14.9 Å². The van der Waals surface area contributed by atoms with E-state index in [4.69, 9.17) is 4.98 Å². The molecule has 1 aliphatic rings. The molecule has 5 rings (SSSR count). The number of carbonyl (C=O) groups is 1. The number of carboxylic acids is 1. The number of aromatic nitrogens is 2. The third-order valence-electron chi connectivity index (χ3n) is 5.63. The highest BCUT2D eigenvalue weighted by Crippen LogP contribution is 2.37. The highest BCUT2D eigenvalue weighted by atomic mass is 32.1. The van der Waals surface area contributed by atoms with Crippen molar-refractivity contribution >= 4 is 38.4 Å². The van der Waals surface area contributed by atoms with E-state index in [0.717, 1.165) is 52.9 Å². The lowest BCUT2D eigenvalue weighted by Gasteiger charge is -2.35. The molecule has 3 heterocycles. The van der Waals surface area contributed by atoms with E-state index < -0.39 is 12.0 Å². The van der Waals surface area contributed by atoms with Gasteiger partial charge in [-0.1, -0.05) is 30.3 Å². The van der Waals surface area contributed by atoms with Crippen LogP contribution in [0.1, 0.15) is 35.4 Å². The monoisotopic (exact) mass is 391 g/mol. The van der Waals surface area contributed by atoms with Crippen LogP contribution in [0.4, 0.5) is 0 Å². The molecule has 5 nitrogen and oxygen atoms in total. The van der Waals surface area contributed by atoms with Crippen molar-refractivity contribution in [1.29, 1.82) is 0 Å². The molecule has 0 radical (unpaired) electrons. The maximum Gasteiger partial charge on any atom is 0.325 e. The summed E-state index contributed by atoms with van der Waals surface area (Å²) >= 11 is 1.73. The number of hydrogen-bond donors (Lipinski definition) is 2. The number of carboxylic acid groups (broad SMARTS) is 1. The molecule has 142 valence electrons. The topological polar surface area (TPSA) is 69.2 Å². The molecule has 0 bridgehead atoms. The molecular weight excluding hydrogens is 370 g/mol. The molecular formula is C22H21N3O2S. The maximum atomic E-state index is 12.3. The standard InChI is InChI=1S/C22H21N3O2S/c26-22(27)20(16-12-23-17-8-2-1-7-15(16)17)25-11-5-6-14(13-25)21-24-18-9-3-4-10-19(18)28-21/h1-4,7-10,12,14,20,23H,5-6,11,13H2,(H,26,27). The van der Waals surface area contributed by atoms with Gasteiger partial charge < -0.3 is 10.1 Å². The third kappa shape index (κ3) is 2.99. The zero-order chi connectivity index (χ0) is 19.1. The van der Waals surface area contributed by atoms with Crippen molar-refractivity contribution in [2.75, 3.05) is 13.1 Å². The van der Waals surface area contributed by atoms with E-state index in [1.54, 1.807) is 11.3 Å². The number of aliphatic carboxylic acids is 1. The van der Waals surface area contributed by atoms with Crippen LogP contribution in [0, 0.1) is 0 Å². The van der Waals surface area contributed by atoms with Crippen molar-refractivity contribution in [2.24, 2.45) is 0 Å². The van der Waals surface area contributed by atoms with Crippen molar-refractivity contribution in [2.45, 2.75) is 24.8 Å². The molecule has 1 fully saturated rings. The summed E-state index contributed by atoms with van der Waals surface area (Å²) in [6, 6.07) is 15.4. The molecule has 2 atom stereocenters. The van der Waals surface area contributed by atoms with Crippen LogP contribution in [-0.4, -0.2) is 39.0 Å². The normalized spacial score (nSPS) is 19.2. The van der Waals surface area contributed by atoms with Gasteiger partial charge >= 0.3 is 5.97 Å². The van der Waals surface area contributed by atoms with Crippen molar-refractivity contribution in [3.8, 4) is 0 Å². The number of rotatable bonds is 4. The zero-order valence-electron chi connectivity index (χ0n) is 15.3. The minimum atomic E-state index is -0.797. The van der Waals surface area contributed by atoms with Gasteiger partial charge in [0.15, 0.2) is 0 Å². The van der Waals surface area contributed by atoms with Gasteiger partial charge in [0.2, 0.25) is 0 Å². The second kappa shape index (κ2) is 7.04. The Labute approximate surface area is 166 Å². The van der Waals surface area contributed by atoms with Gasteiger partial charge in [-0.15, -0.1) is 11.3 Å². The Hall–Kier alpha value is -2.70. The molecule has 2 aromatic heterocycles. The van der Waals surface area contributed by atoms with Gasteiger partial charge in [-0.25, -0.2) is 4.98 Å². The molecule has 6 heteroatoms. The molecule has 2 unspecified atom stereocenters. The van der Waals surface area contributed by atoms with Crippen molar-refractivity contribution < 1.29 is 9.90 Å². The molecule has 1 saturated heterocycles. The largest absolute Gasteiger partial charge is 0.480 e. The molecule has 0 saturated carbocycles. The van der Waals surface area contributed by atoms with Crippen LogP contribution in [0.5, 0.6) is 0 Å². The Morgan fingerprint density at radius 3 is 2.89 bits per heavy atom. The predicted molar refractivity (Wildman–Crippen MR) is 112 cm³/mol. The Morgan fingerprint density at radius 2 is 2.04 bits per heavy atom. The van der Waals surface area contributed by atoms with Crippen molar-refractivity contribution in [3.05, 3.63) is 65.3 Å². The number of hydrogen-bond acceptors (Lipinski definition) is 4. The van der Waals surface area contributed by atoms with Crippen LogP contribution < -0.4 is 0 Å². The summed E-state index contributed by atoms with van der Waals surface area (Å²) in [6.07, 6.45) is 3.88. The van der Waals surface area contributed by atoms with Crippen LogP contribution in [0.25, 0.3) is 21.1 Å². The lowest BCUT2D eigenvalue weighted by Crippen LogP contribution is -2.40. The summed E-state index contributed by atoms with van der Waals surface area (Å²) in [5.41, 5.74) is 2.85. The fourth-order valence-electron chi connectivity index (χ4n) is 4.31. The number of aromatic amines is 1. The van der Waals surface area contributed by atoms with E-state index in [-0.39, 0.29) is 5.92 Å². The van der Waals surface area contributed by atoms with E-state index in [2.05, 4.69) is 16.0 Å². The summed E-state index contributed by atoms with van der Waals surface area (Å²) in [4.78, 5) is 22.4. The van der Waals surface area contributed by atoms with E-state index in [9.17, 15) is 9.90 Å². The summed E-state index contributed by atoms with van der Waals surface area (Å²) in [6.45, 7) is 1.51. The van der Waals surface area contributed by atoms with Gasteiger partial charge in [-0.2, -0.15) is 0 Å². The number of piperidine rings is 1. The van der Waals surface area contributed by atoms with Gasteiger partial charge in [0, 0.05) is 35.1 Å². The number of para-hydroxylation sites is 2. The lowest BCUT2D eigenvalue weighted by atomic mass is 9.95. The number of likely N-dealkylation sites (tertiary alicyclic amines) is 1. The minimum absolute atomic E-state index is 0.276. The predicted octanol–water partition coefficient (Wildman–Crippen LogP) is 4.78. The third-order valence-corrected chi connectivity index (χ3v) is 6.83. The first-order chi connectivity index (χ1) is 13.7. The summed E-state index contributed by atoms with van der Waals surface area (Å²) in [7, 11) is 0. The van der Waals surface area contributed by atoms with Crippen LogP contribution in [0.2, 0.25) is 0 Å². The van der Waals surface area contributed by atoms with Crippen LogP contribution in [0.3, 0.4) is 0 Å². The van der Waals surface area contributed by atoms with Crippen molar-refractivity contribution in [3.63, 3.8) is 0 Å². The summed E-state index contributed by atoms with van der Waals surface area (Å²) in [5.74, 6) is -0.520. The van der Waals surface area contributed by atoms with Crippen LogP contribution in [0.15, 0.2) is 54.7 Å². The molecule has 2 N–H and O–H groups in total. The van der Waals surface area contributed by atoms with Crippen LogP contribution in [-0.2, 0) is 4.79 Å². The Kier molecular flexibility index (Phi) is 4.37. The zero-order valence-corrected chi connectivity index (χ0v) is 16.2. The second-order valence-electron chi connectivity index (χ2n) is 7.38. The number of thiazole rings is 1. The molecule has 0 spiro atoms. The molecule has 1 aliphatic heterocycles.